The third-order valence-electron chi connectivity index (χ3n) is 2.39. The number of hydrogen-bond donors (Lipinski definition) is 1. The maximum atomic E-state index is 5.69. The molecular formula is C12H19N3. The number of anilines is 1. The molecule has 0 amide bonds. The highest BCUT2D eigenvalue weighted by Crippen LogP contribution is 2.32. The molecule has 3 heteroatoms. The van der Waals surface area contributed by atoms with Crippen molar-refractivity contribution in [2.75, 3.05) is 12.1 Å². The Morgan fingerprint density at radius 3 is 2.33 bits per heavy atom. The Morgan fingerprint density at radius 1 is 1.33 bits per heavy atom. The van der Waals surface area contributed by atoms with Crippen molar-refractivity contribution in [1.82, 2.24) is 0 Å². The van der Waals surface area contributed by atoms with Crippen molar-refractivity contribution in [2.24, 2.45) is 10.8 Å². The number of aliphatic imine (C=N–C) groups is 1. The lowest BCUT2D eigenvalue weighted by Gasteiger charge is -2.22. The molecular weight excluding hydrogens is 186 g/mol. The van der Waals surface area contributed by atoms with E-state index in [0.29, 0.717) is 0 Å². The van der Waals surface area contributed by atoms with Crippen LogP contribution < -0.4 is 10.9 Å². The minimum Gasteiger partial charge on any atom is -0.312 e. The lowest BCUT2D eigenvalue weighted by atomic mass is 9.86. The fourth-order valence-corrected chi connectivity index (χ4v) is 1.41. The van der Waals surface area contributed by atoms with Gasteiger partial charge in [-0.3, -0.25) is 4.99 Å². The second-order valence-electron chi connectivity index (χ2n) is 4.72. The lowest BCUT2D eigenvalue weighted by Crippen LogP contribution is -2.25. The Bertz CT molecular complexity index is 362. The molecule has 3 nitrogen and oxygen atoms in total. The number of rotatable bonds is 2. The highest BCUT2D eigenvalue weighted by atomic mass is 15.4. The molecule has 0 aliphatic rings. The Hall–Kier alpha value is -1.35. The molecule has 0 aliphatic heterocycles. The monoisotopic (exact) mass is 205 g/mol. The zero-order valence-electron chi connectivity index (χ0n) is 9.91. The summed E-state index contributed by atoms with van der Waals surface area (Å²) in [6.07, 6.45) is 0. The SMILES string of the molecule is C=Nc1cc(C(C)(C)C)ccc1N(C)N. The van der Waals surface area contributed by atoms with Gasteiger partial charge in [-0.1, -0.05) is 26.8 Å². The molecule has 0 fully saturated rings. The molecule has 1 aromatic carbocycles. The van der Waals surface area contributed by atoms with Gasteiger partial charge in [-0.05, 0) is 29.8 Å². The molecule has 1 aromatic rings. The van der Waals surface area contributed by atoms with Gasteiger partial charge in [0, 0.05) is 7.05 Å². The van der Waals surface area contributed by atoms with Crippen LogP contribution in [0, 0.1) is 0 Å². The van der Waals surface area contributed by atoms with E-state index in [2.05, 4.69) is 38.5 Å². The van der Waals surface area contributed by atoms with Crippen LogP contribution in [0.3, 0.4) is 0 Å². The highest BCUT2D eigenvalue weighted by molar-refractivity contribution is 5.69. The molecule has 82 valence electrons. The van der Waals surface area contributed by atoms with Crippen LogP contribution in [0.1, 0.15) is 26.3 Å². The molecule has 1 rings (SSSR count). The first-order valence-electron chi connectivity index (χ1n) is 4.96. The quantitative estimate of drug-likeness (QED) is 0.458. The number of nitrogens with two attached hydrogens (primary N) is 1. The van der Waals surface area contributed by atoms with Crippen molar-refractivity contribution in [3.63, 3.8) is 0 Å². The van der Waals surface area contributed by atoms with E-state index in [9.17, 15) is 0 Å². The van der Waals surface area contributed by atoms with Crippen LogP contribution in [0.5, 0.6) is 0 Å². The van der Waals surface area contributed by atoms with Crippen molar-refractivity contribution in [1.29, 1.82) is 0 Å². The Kier molecular flexibility index (Phi) is 3.15. The largest absolute Gasteiger partial charge is 0.312 e. The fraction of sp³-hybridized carbons (Fsp3) is 0.417. The second kappa shape index (κ2) is 4.03. The lowest BCUT2D eigenvalue weighted by molar-refractivity contribution is 0.590. The van der Waals surface area contributed by atoms with Crippen LogP contribution in [0.4, 0.5) is 11.4 Å². The van der Waals surface area contributed by atoms with Crippen LogP contribution in [0.25, 0.3) is 0 Å². The van der Waals surface area contributed by atoms with Crippen LogP contribution >= 0.6 is 0 Å². The standard InChI is InChI=1S/C12H19N3/c1-12(2,3)9-6-7-11(15(5)13)10(8-9)14-4/h6-8H,4,13H2,1-3,5H3. The van der Waals surface area contributed by atoms with Crippen molar-refractivity contribution in [3.8, 4) is 0 Å². The summed E-state index contributed by atoms with van der Waals surface area (Å²) in [6, 6.07) is 6.09. The van der Waals surface area contributed by atoms with Crippen LogP contribution in [-0.4, -0.2) is 13.8 Å². The van der Waals surface area contributed by atoms with Crippen molar-refractivity contribution in [2.45, 2.75) is 26.2 Å². The normalized spacial score (nSPS) is 11.3. The molecule has 0 spiro atoms. The third-order valence-corrected chi connectivity index (χ3v) is 2.39. The molecule has 0 aliphatic carbocycles. The molecule has 15 heavy (non-hydrogen) atoms. The van der Waals surface area contributed by atoms with Crippen molar-refractivity contribution >= 4 is 18.1 Å². The van der Waals surface area contributed by atoms with E-state index in [1.54, 1.807) is 12.1 Å². The van der Waals surface area contributed by atoms with Gasteiger partial charge < -0.3 is 5.01 Å². The van der Waals surface area contributed by atoms with Crippen LogP contribution in [-0.2, 0) is 5.41 Å². The van der Waals surface area contributed by atoms with E-state index in [0.717, 1.165) is 11.4 Å². The summed E-state index contributed by atoms with van der Waals surface area (Å²) in [6.45, 7) is 10.1. The first-order valence-corrected chi connectivity index (χ1v) is 4.96. The van der Waals surface area contributed by atoms with Gasteiger partial charge in [0.1, 0.15) is 0 Å². The molecule has 2 N–H and O–H groups in total. The van der Waals surface area contributed by atoms with Gasteiger partial charge in [-0.2, -0.15) is 0 Å². The molecule has 0 heterocycles. The topological polar surface area (TPSA) is 41.6 Å². The number of hydrogen-bond acceptors (Lipinski definition) is 3. The minimum absolute atomic E-state index is 0.116. The zero-order chi connectivity index (χ0) is 11.6. The summed E-state index contributed by atoms with van der Waals surface area (Å²) in [7, 11) is 1.79. The Balaban J connectivity index is 3.25. The maximum Gasteiger partial charge on any atom is 0.0872 e. The Morgan fingerprint density at radius 2 is 1.93 bits per heavy atom. The summed E-state index contributed by atoms with van der Waals surface area (Å²) in [5.41, 5.74) is 3.06. The first kappa shape index (κ1) is 11.7. The van der Waals surface area contributed by atoms with E-state index in [1.165, 1.54) is 5.56 Å². The molecule has 0 radical (unpaired) electrons. The van der Waals surface area contributed by atoms with Crippen molar-refractivity contribution < 1.29 is 0 Å². The molecule has 0 unspecified atom stereocenters. The first-order chi connectivity index (χ1) is 6.86. The van der Waals surface area contributed by atoms with Crippen LogP contribution in [0.15, 0.2) is 23.2 Å². The van der Waals surface area contributed by atoms with Crippen molar-refractivity contribution in [3.05, 3.63) is 23.8 Å². The summed E-state index contributed by atoms with van der Waals surface area (Å²) in [5.74, 6) is 5.69. The number of benzene rings is 1. The summed E-state index contributed by atoms with van der Waals surface area (Å²) in [4.78, 5) is 3.99. The van der Waals surface area contributed by atoms with E-state index in [4.69, 9.17) is 5.84 Å². The number of nitrogens with zero attached hydrogens (tertiary/aromatic N) is 2. The van der Waals surface area contributed by atoms with E-state index >= 15 is 0 Å². The van der Waals surface area contributed by atoms with Gasteiger partial charge in [-0.15, -0.1) is 0 Å². The average Bonchev–Trinajstić information content (AvgIpc) is 2.15. The zero-order valence-corrected chi connectivity index (χ0v) is 9.91. The smallest absolute Gasteiger partial charge is 0.0872 e. The van der Waals surface area contributed by atoms with Gasteiger partial charge in [0.25, 0.3) is 0 Å². The Labute approximate surface area is 91.6 Å². The van der Waals surface area contributed by atoms with Gasteiger partial charge in [0.05, 0.1) is 11.4 Å². The fourth-order valence-electron chi connectivity index (χ4n) is 1.41. The highest BCUT2D eigenvalue weighted by Gasteiger charge is 2.15. The van der Waals surface area contributed by atoms with Gasteiger partial charge in [0.15, 0.2) is 0 Å². The number of hydrazine groups is 1. The summed E-state index contributed by atoms with van der Waals surface area (Å²) < 4.78 is 0. The predicted molar refractivity (Wildman–Crippen MR) is 66.9 cm³/mol. The molecule has 0 bridgehead atoms. The van der Waals surface area contributed by atoms with Crippen LogP contribution in [0.2, 0.25) is 0 Å². The van der Waals surface area contributed by atoms with E-state index < -0.39 is 0 Å². The molecule has 0 saturated heterocycles. The van der Waals surface area contributed by atoms with E-state index in [-0.39, 0.29) is 5.41 Å². The van der Waals surface area contributed by atoms with Gasteiger partial charge >= 0.3 is 0 Å². The molecule has 0 saturated carbocycles. The maximum absolute atomic E-state index is 5.69. The molecule has 0 aromatic heterocycles. The third kappa shape index (κ3) is 2.57. The molecule has 0 atom stereocenters. The minimum atomic E-state index is 0.116. The second-order valence-corrected chi connectivity index (χ2v) is 4.72. The predicted octanol–water partition coefficient (Wildman–Crippen LogP) is 2.63. The summed E-state index contributed by atoms with van der Waals surface area (Å²) >= 11 is 0. The van der Waals surface area contributed by atoms with E-state index in [1.807, 2.05) is 12.1 Å². The summed E-state index contributed by atoms with van der Waals surface area (Å²) in [5, 5.41) is 1.55. The average molecular weight is 205 g/mol. The van der Waals surface area contributed by atoms with Gasteiger partial charge in [-0.25, -0.2) is 5.84 Å². The van der Waals surface area contributed by atoms with Gasteiger partial charge in [0.2, 0.25) is 0 Å².